The third-order valence-electron chi connectivity index (χ3n) is 5.10. The molecule has 1 aliphatic heterocycles. The Bertz CT molecular complexity index is 779. The Morgan fingerprint density at radius 3 is 2.44 bits per heavy atom. The van der Waals surface area contributed by atoms with E-state index in [1.54, 1.807) is 0 Å². The van der Waals surface area contributed by atoms with Gasteiger partial charge in [-0.15, -0.1) is 0 Å². The summed E-state index contributed by atoms with van der Waals surface area (Å²) >= 11 is 6.48. The maximum Gasteiger partial charge on any atom is 0.255 e. The molecule has 0 radical (unpaired) electrons. The van der Waals surface area contributed by atoms with Crippen molar-refractivity contribution in [2.75, 3.05) is 23.3 Å². The summed E-state index contributed by atoms with van der Waals surface area (Å²) in [7, 11) is 0. The van der Waals surface area contributed by atoms with Gasteiger partial charge in [0.1, 0.15) is 0 Å². The standard InChI is InChI=1S/C21H25ClN2O/c1-14-8-10-24(11-9-14)20-7-6-18(13-19(20)22)23-21(25)17-5-4-15(2)16(3)12-17/h4-7,12-14H,8-11H2,1-3H3,(H,23,25). The normalized spacial score (nSPS) is 15.3. The van der Waals surface area contributed by atoms with Crippen LogP contribution in [0.15, 0.2) is 36.4 Å². The van der Waals surface area contributed by atoms with Crippen molar-refractivity contribution in [2.24, 2.45) is 5.92 Å². The number of nitrogens with one attached hydrogen (secondary N) is 1. The Morgan fingerprint density at radius 2 is 1.80 bits per heavy atom. The SMILES string of the molecule is Cc1ccc(C(=O)Nc2ccc(N3CCC(C)CC3)c(Cl)c2)cc1C. The van der Waals surface area contributed by atoms with E-state index in [1.807, 2.05) is 50.2 Å². The van der Waals surface area contributed by atoms with E-state index in [0.29, 0.717) is 10.6 Å². The van der Waals surface area contributed by atoms with Crippen LogP contribution in [0.5, 0.6) is 0 Å². The molecule has 132 valence electrons. The molecule has 2 aromatic rings. The summed E-state index contributed by atoms with van der Waals surface area (Å²) in [5.41, 5.74) is 4.73. The molecule has 1 fully saturated rings. The van der Waals surface area contributed by atoms with Crippen LogP contribution in [0.25, 0.3) is 0 Å². The highest BCUT2D eigenvalue weighted by molar-refractivity contribution is 6.33. The van der Waals surface area contributed by atoms with Gasteiger partial charge in [0.15, 0.2) is 0 Å². The van der Waals surface area contributed by atoms with E-state index in [1.165, 1.54) is 18.4 Å². The first-order valence-corrected chi connectivity index (χ1v) is 9.25. The third kappa shape index (κ3) is 4.16. The van der Waals surface area contributed by atoms with Crippen molar-refractivity contribution in [1.82, 2.24) is 0 Å². The summed E-state index contributed by atoms with van der Waals surface area (Å²) < 4.78 is 0. The van der Waals surface area contributed by atoms with Crippen molar-refractivity contribution >= 4 is 28.9 Å². The number of carbonyl (C=O) groups is 1. The molecule has 1 N–H and O–H groups in total. The van der Waals surface area contributed by atoms with Crippen LogP contribution in [0, 0.1) is 19.8 Å². The summed E-state index contributed by atoms with van der Waals surface area (Å²) in [6.45, 7) is 8.42. The molecule has 0 spiro atoms. The number of amides is 1. The molecule has 25 heavy (non-hydrogen) atoms. The number of piperidine rings is 1. The van der Waals surface area contributed by atoms with Crippen LogP contribution in [-0.4, -0.2) is 19.0 Å². The first kappa shape index (κ1) is 17.8. The van der Waals surface area contributed by atoms with Crippen molar-refractivity contribution in [3.8, 4) is 0 Å². The molecular formula is C21H25ClN2O. The van der Waals surface area contributed by atoms with Crippen molar-refractivity contribution in [1.29, 1.82) is 0 Å². The Morgan fingerprint density at radius 1 is 1.08 bits per heavy atom. The lowest BCUT2D eigenvalue weighted by molar-refractivity contribution is 0.102. The van der Waals surface area contributed by atoms with Crippen LogP contribution >= 0.6 is 11.6 Å². The van der Waals surface area contributed by atoms with E-state index in [9.17, 15) is 4.79 Å². The largest absolute Gasteiger partial charge is 0.370 e. The second kappa shape index (κ2) is 7.49. The summed E-state index contributed by atoms with van der Waals surface area (Å²) in [5, 5.41) is 3.63. The lowest BCUT2D eigenvalue weighted by atomic mass is 9.99. The molecule has 0 unspecified atom stereocenters. The van der Waals surface area contributed by atoms with Gasteiger partial charge in [-0.05, 0) is 74.1 Å². The second-order valence-corrected chi connectivity index (χ2v) is 7.50. The molecule has 4 heteroatoms. The van der Waals surface area contributed by atoms with Gasteiger partial charge in [-0.1, -0.05) is 24.6 Å². The van der Waals surface area contributed by atoms with Gasteiger partial charge < -0.3 is 10.2 Å². The van der Waals surface area contributed by atoms with Gasteiger partial charge in [0.25, 0.3) is 5.91 Å². The maximum absolute atomic E-state index is 12.4. The molecule has 1 saturated heterocycles. The van der Waals surface area contributed by atoms with Gasteiger partial charge in [-0.25, -0.2) is 0 Å². The highest BCUT2D eigenvalue weighted by Gasteiger charge is 2.18. The third-order valence-corrected chi connectivity index (χ3v) is 5.40. The quantitative estimate of drug-likeness (QED) is 0.793. The van der Waals surface area contributed by atoms with Crippen molar-refractivity contribution in [3.05, 3.63) is 58.1 Å². The van der Waals surface area contributed by atoms with Gasteiger partial charge in [0.05, 0.1) is 10.7 Å². The lowest BCUT2D eigenvalue weighted by Crippen LogP contribution is -2.32. The molecule has 3 nitrogen and oxygen atoms in total. The molecule has 0 aliphatic carbocycles. The molecule has 3 rings (SSSR count). The van der Waals surface area contributed by atoms with Crippen LogP contribution in [0.4, 0.5) is 11.4 Å². The zero-order valence-corrected chi connectivity index (χ0v) is 15.9. The monoisotopic (exact) mass is 356 g/mol. The van der Waals surface area contributed by atoms with Crippen molar-refractivity contribution in [3.63, 3.8) is 0 Å². The van der Waals surface area contributed by atoms with Gasteiger partial charge in [-0.3, -0.25) is 4.79 Å². The molecule has 0 atom stereocenters. The number of rotatable bonds is 3. The van der Waals surface area contributed by atoms with E-state index in [2.05, 4.69) is 17.1 Å². The minimum absolute atomic E-state index is 0.112. The predicted octanol–water partition coefficient (Wildman–Crippen LogP) is 5.45. The molecule has 1 heterocycles. The molecule has 0 saturated carbocycles. The summed E-state index contributed by atoms with van der Waals surface area (Å²) in [6.07, 6.45) is 2.39. The van der Waals surface area contributed by atoms with Crippen LogP contribution < -0.4 is 10.2 Å². The highest BCUT2D eigenvalue weighted by Crippen LogP contribution is 2.32. The average molecular weight is 357 g/mol. The van der Waals surface area contributed by atoms with Crippen LogP contribution in [0.1, 0.15) is 41.3 Å². The number of aryl methyl sites for hydroxylation is 2. The number of nitrogens with zero attached hydrogens (tertiary/aromatic N) is 1. The lowest BCUT2D eigenvalue weighted by Gasteiger charge is -2.32. The van der Waals surface area contributed by atoms with E-state index >= 15 is 0 Å². The van der Waals surface area contributed by atoms with Crippen molar-refractivity contribution < 1.29 is 4.79 Å². The van der Waals surface area contributed by atoms with Gasteiger partial charge >= 0.3 is 0 Å². The first-order chi connectivity index (χ1) is 11.9. The van der Waals surface area contributed by atoms with Crippen LogP contribution in [-0.2, 0) is 0 Å². The molecular weight excluding hydrogens is 332 g/mol. The second-order valence-electron chi connectivity index (χ2n) is 7.09. The number of benzene rings is 2. The van der Waals surface area contributed by atoms with E-state index in [4.69, 9.17) is 11.6 Å². The number of anilines is 2. The fourth-order valence-electron chi connectivity index (χ4n) is 3.18. The zero-order valence-electron chi connectivity index (χ0n) is 15.1. The number of carbonyl (C=O) groups excluding carboxylic acids is 1. The van der Waals surface area contributed by atoms with E-state index < -0.39 is 0 Å². The van der Waals surface area contributed by atoms with Crippen molar-refractivity contribution in [2.45, 2.75) is 33.6 Å². The fraction of sp³-hybridized carbons (Fsp3) is 0.381. The fourth-order valence-corrected chi connectivity index (χ4v) is 3.48. The molecule has 1 amide bonds. The summed E-state index contributed by atoms with van der Waals surface area (Å²) in [5.74, 6) is 0.672. The topological polar surface area (TPSA) is 32.3 Å². The maximum atomic E-state index is 12.4. The number of hydrogen-bond donors (Lipinski definition) is 1. The van der Waals surface area contributed by atoms with E-state index in [-0.39, 0.29) is 5.91 Å². The Hall–Kier alpha value is -2.00. The number of hydrogen-bond acceptors (Lipinski definition) is 2. The molecule has 2 aromatic carbocycles. The zero-order chi connectivity index (χ0) is 18.0. The minimum atomic E-state index is -0.112. The first-order valence-electron chi connectivity index (χ1n) is 8.87. The predicted molar refractivity (Wildman–Crippen MR) is 106 cm³/mol. The average Bonchev–Trinajstić information content (AvgIpc) is 2.58. The van der Waals surface area contributed by atoms with Gasteiger partial charge in [-0.2, -0.15) is 0 Å². The molecule has 1 aliphatic rings. The molecule has 0 aromatic heterocycles. The van der Waals surface area contributed by atoms with Gasteiger partial charge in [0, 0.05) is 24.3 Å². The van der Waals surface area contributed by atoms with Crippen LogP contribution in [0.2, 0.25) is 5.02 Å². The summed E-state index contributed by atoms with van der Waals surface area (Å²) in [6, 6.07) is 11.5. The molecule has 0 bridgehead atoms. The Balaban J connectivity index is 1.72. The van der Waals surface area contributed by atoms with Gasteiger partial charge in [0.2, 0.25) is 0 Å². The van der Waals surface area contributed by atoms with Crippen LogP contribution in [0.3, 0.4) is 0 Å². The summed E-state index contributed by atoms with van der Waals surface area (Å²) in [4.78, 5) is 14.8. The van der Waals surface area contributed by atoms with E-state index in [0.717, 1.165) is 35.9 Å². The Labute approximate surface area is 155 Å². The smallest absolute Gasteiger partial charge is 0.255 e. The Kier molecular flexibility index (Phi) is 5.33. The highest BCUT2D eigenvalue weighted by atomic mass is 35.5. The number of halogens is 1. The minimum Gasteiger partial charge on any atom is -0.370 e.